The predicted octanol–water partition coefficient (Wildman–Crippen LogP) is 6.10. The zero-order valence-electron chi connectivity index (χ0n) is 19.2. The van der Waals surface area contributed by atoms with Crippen LogP contribution in [0.4, 0.5) is 0 Å². The third-order valence-electron chi connectivity index (χ3n) is 6.83. The molecule has 0 bridgehead atoms. The van der Waals surface area contributed by atoms with Gasteiger partial charge in [-0.05, 0) is 61.6 Å². The Morgan fingerprint density at radius 3 is 2.27 bits per heavy atom. The van der Waals surface area contributed by atoms with Crippen LogP contribution in [-0.4, -0.2) is 29.2 Å². The van der Waals surface area contributed by atoms with Gasteiger partial charge in [-0.3, -0.25) is 0 Å². The molecule has 2 atom stereocenters. The molecule has 2 fully saturated rings. The van der Waals surface area contributed by atoms with Crippen molar-refractivity contribution in [1.82, 2.24) is 10.6 Å². The summed E-state index contributed by atoms with van der Waals surface area (Å²) in [5, 5.41) is 16.8. The molecule has 0 spiro atoms. The fourth-order valence-corrected chi connectivity index (χ4v) is 4.93. The molecule has 2 aliphatic rings. The van der Waals surface area contributed by atoms with Crippen LogP contribution >= 0.6 is 24.8 Å². The molecule has 0 saturated heterocycles. The summed E-state index contributed by atoms with van der Waals surface area (Å²) in [5.74, 6) is -0.161. The van der Waals surface area contributed by atoms with Crippen molar-refractivity contribution in [2.24, 2.45) is 5.92 Å². The molecule has 180 valence electrons. The topological polar surface area (TPSA) is 61.4 Å². The number of hydrogen-bond acceptors (Lipinski definition) is 3. The van der Waals surface area contributed by atoms with Crippen molar-refractivity contribution in [1.29, 1.82) is 0 Å². The number of benzene rings is 2. The molecular weight excluding hydrogens is 455 g/mol. The fourth-order valence-electron chi connectivity index (χ4n) is 4.93. The summed E-state index contributed by atoms with van der Waals surface area (Å²) in [5.41, 5.74) is 4.14. The number of carboxylic acid groups (broad SMARTS) is 1. The molecule has 0 heterocycles. The Hall–Kier alpha value is -1.85. The Morgan fingerprint density at radius 1 is 0.970 bits per heavy atom. The first-order chi connectivity index (χ1) is 15.1. The zero-order chi connectivity index (χ0) is 21.6. The molecule has 2 aromatic carbocycles. The number of hydrogen-bond donors (Lipinski definition) is 3. The third-order valence-corrected chi connectivity index (χ3v) is 6.83. The van der Waals surface area contributed by atoms with E-state index in [1.807, 2.05) is 12.1 Å². The lowest BCUT2D eigenvalue weighted by Gasteiger charge is -2.30. The average molecular weight is 492 g/mol. The maximum absolute atomic E-state index is 11.4. The van der Waals surface area contributed by atoms with E-state index in [2.05, 4.69) is 54.0 Å². The Morgan fingerprint density at radius 2 is 1.61 bits per heavy atom. The van der Waals surface area contributed by atoms with Gasteiger partial charge in [-0.2, -0.15) is 0 Å². The van der Waals surface area contributed by atoms with E-state index in [0.29, 0.717) is 36.2 Å². The average Bonchev–Trinajstić information content (AvgIpc) is 3.56. The van der Waals surface area contributed by atoms with E-state index in [1.165, 1.54) is 24.8 Å². The van der Waals surface area contributed by atoms with Gasteiger partial charge in [-0.25, -0.2) is 4.79 Å². The highest BCUT2D eigenvalue weighted by Gasteiger charge is 2.40. The van der Waals surface area contributed by atoms with Crippen LogP contribution in [0.1, 0.15) is 66.9 Å². The molecule has 4 nitrogen and oxygen atoms in total. The summed E-state index contributed by atoms with van der Waals surface area (Å²) in [6.07, 6.45) is 9.41. The van der Waals surface area contributed by atoms with Crippen molar-refractivity contribution in [3.8, 4) is 0 Å². The van der Waals surface area contributed by atoms with Crippen LogP contribution in [0.5, 0.6) is 0 Å². The first kappa shape index (κ1) is 27.4. The number of nitrogens with one attached hydrogen (secondary N) is 2. The Kier molecular flexibility index (Phi) is 10.9. The second-order valence-electron chi connectivity index (χ2n) is 8.99. The lowest BCUT2D eigenvalue weighted by atomic mass is 9.90. The molecule has 2 saturated carbocycles. The van der Waals surface area contributed by atoms with E-state index < -0.39 is 5.97 Å². The first-order valence-electron chi connectivity index (χ1n) is 11.7. The minimum atomic E-state index is -0.850. The monoisotopic (exact) mass is 490 g/mol. The molecule has 0 aromatic heterocycles. The maximum atomic E-state index is 11.4. The molecule has 4 rings (SSSR count). The van der Waals surface area contributed by atoms with Crippen molar-refractivity contribution in [3.05, 3.63) is 76.9 Å². The van der Waals surface area contributed by atoms with Crippen molar-refractivity contribution >= 4 is 36.9 Å². The van der Waals surface area contributed by atoms with Crippen molar-refractivity contribution in [2.45, 2.75) is 70.1 Å². The Balaban J connectivity index is 0.00000193. The lowest BCUT2D eigenvalue weighted by molar-refractivity contribution is 0.0695. The minimum Gasteiger partial charge on any atom is -0.478 e. The van der Waals surface area contributed by atoms with Gasteiger partial charge in [0.15, 0.2) is 0 Å². The van der Waals surface area contributed by atoms with E-state index >= 15 is 0 Å². The van der Waals surface area contributed by atoms with Crippen LogP contribution in [0.25, 0.3) is 6.08 Å². The number of carboxylic acids is 1. The summed E-state index contributed by atoms with van der Waals surface area (Å²) in [6.45, 7) is 2.89. The molecular formula is C27H36Cl2N2O2. The summed E-state index contributed by atoms with van der Waals surface area (Å²) in [4.78, 5) is 11.4. The predicted molar refractivity (Wildman–Crippen MR) is 141 cm³/mol. The number of rotatable bonds is 9. The standard InChI is InChI=1S/C27H34N2O2.2ClH/c1-2-20(16-19-8-4-3-5-9-19)25-17-26(25)29-23-14-12-22(13-15-23)28-18-21-10-6-7-11-24(21)27(30)31;;/h3-11,16,22-23,25-26,28-29H,2,12-15,17-18H2,1H3,(H,30,31);2*1H/b20-16+;;/t22?,23?,25-,26+;;/m0../s1. The maximum Gasteiger partial charge on any atom is 0.336 e. The van der Waals surface area contributed by atoms with Crippen molar-refractivity contribution in [2.75, 3.05) is 0 Å². The van der Waals surface area contributed by atoms with Gasteiger partial charge in [0.05, 0.1) is 5.56 Å². The van der Waals surface area contributed by atoms with E-state index in [4.69, 9.17) is 0 Å². The van der Waals surface area contributed by atoms with Crippen LogP contribution in [-0.2, 0) is 6.54 Å². The van der Waals surface area contributed by atoms with Crippen LogP contribution < -0.4 is 10.6 Å². The zero-order valence-corrected chi connectivity index (χ0v) is 20.8. The van der Waals surface area contributed by atoms with E-state index in [1.54, 1.807) is 17.7 Å². The molecule has 0 aliphatic heterocycles. The van der Waals surface area contributed by atoms with Gasteiger partial charge < -0.3 is 15.7 Å². The lowest BCUT2D eigenvalue weighted by Crippen LogP contribution is -2.41. The second kappa shape index (κ2) is 13.1. The largest absolute Gasteiger partial charge is 0.478 e. The summed E-state index contributed by atoms with van der Waals surface area (Å²) in [7, 11) is 0. The molecule has 0 radical (unpaired) electrons. The molecule has 2 aromatic rings. The van der Waals surface area contributed by atoms with Gasteiger partial charge in [0, 0.05) is 24.7 Å². The highest BCUT2D eigenvalue weighted by atomic mass is 35.5. The first-order valence-corrected chi connectivity index (χ1v) is 11.7. The molecule has 6 heteroatoms. The molecule has 33 heavy (non-hydrogen) atoms. The normalized spacial score (nSPS) is 24.3. The van der Waals surface area contributed by atoms with E-state index in [-0.39, 0.29) is 24.8 Å². The van der Waals surface area contributed by atoms with Crippen LogP contribution in [0.2, 0.25) is 0 Å². The number of carbonyl (C=O) groups is 1. The van der Waals surface area contributed by atoms with E-state index in [0.717, 1.165) is 24.8 Å². The van der Waals surface area contributed by atoms with Crippen LogP contribution in [0.15, 0.2) is 60.2 Å². The van der Waals surface area contributed by atoms with Gasteiger partial charge in [0.2, 0.25) is 0 Å². The highest BCUT2D eigenvalue weighted by Crippen LogP contribution is 2.40. The minimum absolute atomic E-state index is 0. The Labute approximate surface area is 210 Å². The van der Waals surface area contributed by atoms with Gasteiger partial charge in [0.25, 0.3) is 0 Å². The summed E-state index contributed by atoms with van der Waals surface area (Å²) >= 11 is 0. The highest BCUT2D eigenvalue weighted by molar-refractivity contribution is 5.89. The van der Waals surface area contributed by atoms with Crippen molar-refractivity contribution < 1.29 is 9.90 Å². The number of halogens is 2. The third kappa shape index (κ3) is 7.58. The molecule has 0 unspecified atom stereocenters. The molecule has 3 N–H and O–H groups in total. The quantitative estimate of drug-likeness (QED) is 0.397. The second-order valence-corrected chi connectivity index (χ2v) is 8.99. The van der Waals surface area contributed by atoms with E-state index in [9.17, 15) is 9.90 Å². The van der Waals surface area contributed by atoms with Crippen LogP contribution in [0.3, 0.4) is 0 Å². The Bertz CT molecular complexity index is 911. The smallest absolute Gasteiger partial charge is 0.336 e. The summed E-state index contributed by atoms with van der Waals surface area (Å²) in [6, 6.07) is 19.6. The van der Waals surface area contributed by atoms with Crippen molar-refractivity contribution in [3.63, 3.8) is 0 Å². The molecule has 0 amide bonds. The van der Waals surface area contributed by atoms with Crippen LogP contribution in [0, 0.1) is 5.92 Å². The molecule has 2 aliphatic carbocycles. The van der Waals surface area contributed by atoms with Gasteiger partial charge in [0.1, 0.15) is 0 Å². The van der Waals surface area contributed by atoms with Gasteiger partial charge >= 0.3 is 5.97 Å². The summed E-state index contributed by atoms with van der Waals surface area (Å²) < 4.78 is 0. The fraction of sp³-hybridized carbons (Fsp3) is 0.444. The number of aromatic carboxylic acids is 1. The van der Waals surface area contributed by atoms with Gasteiger partial charge in [-0.1, -0.05) is 67.1 Å². The SMILES string of the molecule is CC/C(=C\c1ccccc1)[C@@H]1C[C@H]1NC1CCC(NCc2ccccc2C(=O)O)CC1.Cl.Cl. The van der Waals surface area contributed by atoms with Gasteiger partial charge in [-0.15, -0.1) is 24.8 Å².